The lowest BCUT2D eigenvalue weighted by Crippen LogP contribution is -2.47. The van der Waals surface area contributed by atoms with Gasteiger partial charge in [-0.05, 0) is 26.7 Å². The Balaban J connectivity index is 2.77. The standard InChI is InChI=1S/C14H23N3O3/c1-9(2)11(13(19)20-14(3,4)5)16-12(18)10-7-17(6)8-15-10/h7-9,11H,1-6H3,(H,16,18)/t11-/m0/s1. The maximum absolute atomic E-state index is 12.1. The van der Waals surface area contributed by atoms with Crippen molar-refractivity contribution in [1.82, 2.24) is 14.9 Å². The molecule has 0 saturated carbocycles. The molecule has 20 heavy (non-hydrogen) atoms. The molecule has 1 heterocycles. The summed E-state index contributed by atoms with van der Waals surface area (Å²) >= 11 is 0. The highest BCUT2D eigenvalue weighted by atomic mass is 16.6. The molecular weight excluding hydrogens is 258 g/mol. The monoisotopic (exact) mass is 281 g/mol. The fourth-order valence-corrected chi connectivity index (χ4v) is 1.61. The molecule has 1 rings (SSSR count). The predicted molar refractivity (Wildman–Crippen MR) is 75.1 cm³/mol. The second kappa shape index (κ2) is 6.07. The number of rotatable bonds is 4. The third-order valence-electron chi connectivity index (χ3n) is 2.55. The van der Waals surface area contributed by atoms with Crippen LogP contribution in [0.3, 0.4) is 0 Å². The predicted octanol–water partition coefficient (Wildman–Crippen LogP) is 1.52. The minimum atomic E-state index is -0.691. The summed E-state index contributed by atoms with van der Waals surface area (Å²) in [6.45, 7) is 9.09. The van der Waals surface area contributed by atoms with E-state index in [1.54, 1.807) is 38.6 Å². The van der Waals surface area contributed by atoms with Gasteiger partial charge in [-0.3, -0.25) is 4.79 Å². The summed E-state index contributed by atoms with van der Waals surface area (Å²) < 4.78 is 7.00. The van der Waals surface area contributed by atoms with Gasteiger partial charge >= 0.3 is 5.97 Å². The summed E-state index contributed by atoms with van der Waals surface area (Å²) in [7, 11) is 1.78. The van der Waals surface area contributed by atoms with Crippen LogP contribution in [-0.4, -0.2) is 33.1 Å². The largest absolute Gasteiger partial charge is 0.458 e. The molecule has 0 aromatic carbocycles. The smallest absolute Gasteiger partial charge is 0.329 e. The van der Waals surface area contributed by atoms with Crippen molar-refractivity contribution in [2.75, 3.05) is 0 Å². The number of ether oxygens (including phenoxy) is 1. The van der Waals surface area contributed by atoms with Crippen LogP contribution in [0.1, 0.15) is 45.1 Å². The van der Waals surface area contributed by atoms with Gasteiger partial charge in [0.15, 0.2) is 0 Å². The van der Waals surface area contributed by atoms with Crippen LogP contribution < -0.4 is 5.32 Å². The Morgan fingerprint density at radius 2 is 1.95 bits per heavy atom. The normalized spacial score (nSPS) is 13.2. The van der Waals surface area contributed by atoms with Crippen molar-refractivity contribution < 1.29 is 14.3 Å². The van der Waals surface area contributed by atoms with Gasteiger partial charge in [0.05, 0.1) is 6.33 Å². The van der Waals surface area contributed by atoms with E-state index in [-0.39, 0.29) is 17.5 Å². The second-order valence-electron chi connectivity index (χ2n) is 6.15. The van der Waals surface area contributed by atoms with Gasteiger partial charge in [-0.25, -0.2) is 9.78 Å². The Labute approximate surface area is 119 Å². The maximum Gasteiger partial charge on any atom is 0.329 e. The summed E-state index contributed by atoms with van der Waals surface area (Å²) in [4.78, 5) is 28.1. The first-order valence-corrected chi connectivity index (χ1v) is 6.62. The molecule has 0 aliphatic carbocycles. The third-order valence-corrected chi connectivity index (χ3v) is 2.55. The van der Waals surface area contributed by atoms with E-state index in [1.165, 1.54) is 6.33 Å². The number of amides is 1. The van der Waals surface area contributed by atoms with Crippen molar-refractivity contribution in [3.63, 3.8) is 0 Å². The lowest BCUT2D eigenvalue weighted by Gasteiger charge is -2.26. The van der Waals surface area contributed by atoms with Gasteiger partial charge in [-0.1, -0.05) is 13.8 Å². The van der Waals surface area contributed by atoms with Crippen molar-refractivity contribution in [2.24, 2.45) is 13.0 Å². The first-order valence-electron chi connectivity index (χ1n) is 6.62. The molecule has 0 aliphatic heterocycles. The number of carbonyl (C=O) groups excluding carboxylic acids is 2. The number of nitrogens with one attached hydrogen (secondary N) is 1. The number of aromatic nitrogens is 2. The quantitative estimate of drug-likeness (QED) is 0.849. The minimum Gasteiger partial charge on any atom is -0.458 e. The van der Waals surface area contributed by atoms with Crippen LogP contribution in [0.2, 0.25) is 0 Å². The van der Waals surface area contributed by atoms with Crippen LogP contribution in [-0.2, 0) is 16.6 Å². The van der Waals surface area contributed by atoms with Gasteiger partial charge in [0.25, 0.3) is 5.91 Å². The molecule has 1 aromatic rings. The fourth-order valence-electron chi connectivity index (χ4n) is 1.61. The van der Waals surface area contributed by atoms with Crippen LogP contribution in [0.15, 0.2) is 12.5 Å². The Morgan fingerprint density at radius 3 is 2.35 bits per heavy atom. The van der Waals surface area contributed by atoms with E-state index in [1.807, 2.05) is 13.8 Å². The van der Waals surface area contributed by atoms with Gasteiger partial charge in [0.2, 0.25) is 0 Å². The topological polar surface area (TPSA) is 73.2 Å². The summed E-state index contributed by atoms with van der Waals surface area (Å²) in [5.74, 6) is -0.885. The van der Waals surface area contributed by atoms with Gasteiger partial charge in [-0.2, -0.15) is 0 Å². The summed E-state index contributed by atoms with van der Waals surface area (Å²) in [5, 5.41) is 2.68. The first-order chi connectivity index (χ1) is 9.10. The Kier molecular flexibility index (Phi) is 4.92. The highest BCUT2D eigenvalue weighted by Crippen LogP contribution is 2.12. The fraction of sp³-hybridized carbons (Fsp3) is 0.643. The average molecular weight is 281 g/mol. The molecule has 1 N–H and O–H groups in total. The van der Waals surface area contributed by atoms with E-state index < -0.39 is 17.6 Å². The van der Waals surface area contributed by atoms with Crippen molar-refractivity contribution in [2.45, 2.75) is 46.3 Å². The molecule has 0 unspecified atom stereocenters. The lowest BCUT2D eigenvalue weighted by atomic mass is 10.0. The second-order valence-corrected chi connectivity index (χ2v) is 6.15. The number of hydrogen-bond acceptors (Lipinski definition) is 4. The zero-order valence-electron chi connectivity index (χ0n) is 12.9. The summed E-state index contributed by atoms with van der Waals surface area (Å²) in [6.07, 6.45) is 3.13. The molecule has 0 aliphatic rings. The van der Waals surface area contributed by atoms with E-state index in [2.05, 4.69) is 10.3 Å². The molecule has 0 fully saturated rings. The number of imidazole rings is 1. The highest BCUT2D eigenvalue weighted by molar-refractivity contribution is 5.95. The molecule has 0 saturated heterocycles. The summed E-state index contributed by atoms with van der Waals surface area (Å²) in [6, 6.07) is -0.691. The lowest BCUT2D eigenvalue weighted by molar-refractivity contribution is -0.158. The highest BCUT2D eigenvalue weighted by Gasteiger charge is 2.29. The maximum atomic E-state index is 12.1. The van der Waals surface area contributed by atoms with Crippen LogP contribution in [0.5, 0.6) is 0 Å². The number of aryl methyl sites for hydroxylation is 1. The van der Waals surface area contributed by atoms with Gasteiger partial charge < -0.3 is 14.6 Å². The Bertz CT molecular complexity index is 486. The molecule has 1 atom stereocenters. The van der Waals surface area contributed by atoms with Crippen LogP contribution in [0.4, 0.5) is 0 Å². The molecule has 1 aromatic heterocycles. The Hall–Kier alpha value is -1.85. The summed E-state index contributed by atoms with van der Waals surface area (Å²) in [5.41, 5.74) is -0.304. The molecule has 112 valence electrons. The van der Waals surface area contributed by atoms with Crippen LogP contribution >= 0.6 is 0 Å². The molecule has 1 amide bonds. The SMILES string of the molecule is CC(C)[C@H](NC(=O)c1cn(C)cn1)C(=O)OC(C)(C)C. The average Bonchev–Trinajstić information content (AvgIpc) is 2.69. The van der Waals surface area contributed by atoms with E-state index in [0.717, 1.165) is 0 Å². The van der Waals surface area contributed by atoms with Crippen molar-refractivity contribution in [3.05, 3.63) is 18.2 Å². The van der Waals surface area contributed by atoms with E-state index in [9.17, 15) is 9.59 Å². The van der Waals surface area contributed by atoms with Gasteiger partial charge in [0, 0.05) is 13.2 Å². The van der Waals surface area contributed by atoms with Crippen LogP contribution in [0.25, 0.3) is 0 Å². The van der Waals surface area contributed by atoms with Gasteiger partial charge in [-0.15, -0.1) is 0 Å². The first kappa shape index (κ1) is 16.2. The molecular formula is C14H23N3O3. The number of hydrogen-bond donors (Lipinski definition) is 1. The molecule has 6 heteroatoms. The van der Waals surface area contributed by atoms with Crippen molar-refractivity contribution >= 4 is 11.9 Å². The number of esters is 1. The molecule has 0 spiro atoms. The van der Waals surface area contributed by atoms with E-state index in [4.69, 9.17) is 4.74 Å². The molecule has 0 bridgehead atoms. The van der Waals surface area contributed by atoms with E-state index in [0.29, 0.717) is 0 Å². The zero-order valence-corrected chi connectivity index (χ0v) is 12.9. The Morgan fingerprint density at radius 1 is 1.35 bits per heavy atom. The molecule has 6 nitrogen and oxygen atoms in total. The van der Waals surface area contributed by atoms with E-state index >= 15 is 0 Å². The van der Waals surface area contributed by atoms with Crippen molar-refractivity contribution in [1.29, 1.82) is 0 Å². The van der Waals surface area contributed by atoms with Crippen molar-refractivity contribution in [3.8, 4) is 0 Å². The number of nitrogens with zero attached hydrogens (tertiary/aromatic N) is 2. The van der Waals surface area contributed by atoms with Crippen LogP contribution in [0, 0.1) is 5.92 Å². The number of carbonyl (C=O) groups is 2. The molecule has 0 radical (unpaired) electrons. The minimum absolute atomic E-state index is 0.0717. The zero-order chi connectivity index (χ0) is 15.5. The third kappa shape index (κ3) is 4.68. The van der Waals surface area contributed by atoms with Gasteiger partial charge in [0.1, 0.15) is 17.3 Å².